The lowest BCUT2D eigenvalue weighted by molar-refractivity contribution is -0.149. The van der Waals surface area contributed by atoms with Gasteiger partial charge in [-0.05, 0) is 20.8 Å². The summed E-state index contributed by atoms with van der Waals surface area (Å²) in [5, 5.41) is 1.70. The summed E-state index contributed by atoms with van der Waals surface area (Å²) in [6.07, 6.45) is 1.83. The van der Waals surface area contributed by atoms with Gasteiger partial charge in [-0.1, -0.05) is 5.17 Å². The molecule has 52 valence electrons. The molecule has 0 aromatic heterocycles. The van der Waals surface area contributed by atoms with E-state index in [-0.39, 0.29) is 0 Å². The lowest BCUT2D eigenvalue weighted by atomic mass is 10.4. The number of nitrogens with one attached hydrogen (secondary N) is 1. The number of allylic oxidation sites excluding steroid dienone is 1. The molecule has 1 aliphatic rings. The molecule has 0 unspecified atom stereocenters. The van der Waals surface area contributed by atoms with Gasteiger partial charge in [0.1, 0.15) is 5.76 Å². The van der Waals surface area contributed by atoms with E-state index >= 15 is 0 Å². The molecule has 3 nitrogen and oxygen atoms in total. The summed E-state index contributed by atoms with van der Waals surface area (Å²) >= 11 is 0. The average molecular weight is 128 g/mol. The zero-order valence-corrected chi connectivity index (χ0v) is 6.01. The molecule has 3 heteroatoms. The first-order valence-electron chi connectivity index (χ1n) is 3.10. The van der Waals surface area contributed by atoms with Gasteiger partial charge in [-0.25, -0.2) is 0 Å². The summed E-state index contributed by atoms with van der Waals surface area (Å²) in [5.74, 6) is 0.906. The fourth-order valence-electron chi connectivity index (χ4n) is 0.617. The molecule has 0 aliphatic carbocycles. The van der Waals surface area contributed by atoms with Gasteiger partial charge in [0.05, 0.1) is 12.2 Å². The Morgan fingerprint density at radius 3 is 2.56 bits per heavy atom. The van der Waals surface area contributed by atoms with E-state index in [4.69, 9.17) is 4.84 Å². The molecule has 0 bridgehead atoms. The van der Waals surface area contributed by atoms with Crippen LogP contribution < -0.4 is 5.43 Å². The maximum atomic E-state index is 5.21. The van der Waals surface area contributed by atoms with Crippen LogP contribution in [0.25, 0.3) is 0 Å². The highest BCUT2D eigenvalue weighted by atomic mass is 16.7. The van der Waals surface area contributed by atoms with Gasteiger partial charge in [0.25, 0.3) is 0 Å². The van der Waals surface area contributed by atoms with Crippen molar-refractivity contribution >= 4 is 0 Å². The van der Waals surface area contributed by atoms with Gasteiger partial charge in [-0.2, -0.15) is 0 Å². The minimum Gasteiger partial charge on any atom is -0.389 e. The molecule has 9 heavy (non-hydrogen) atoms. The second-order valence-electron chi connectivity index (χ2n) is 2.39. The van der Waals surface area contributed by atoms with Crippen molar-refractivity contribution in [3.8, 4) is 0 Å². The van der Waals surface area contributed by atoms with E-state index in [9.17, 15) is 0 Å². The number of rotatable bonds is 1. The Kier molecular flexibility index (Phi) is 1.62. The largest absolute Gasteiger partial charge is 0.389 e. The van der Waals surface area contributed by atoms with Gasteiger partial charge in [-0.15, -0.1) is 0 Å². The van der Waals surface area contributed by atoms with Gasteiger partial charge in [0.2, 0.25) is 0 Å². The summed E-state index contributed by atoms with van der Waals surface area (Å²) in [6.45, 7) is 6.02. The standard InChI is InChI=1S/C6H12N2O/c1-5(2)8-7-4-6(3)9-8/h4-5,7H,1-3H3. The van der Waals surface area contributed by atoms with Crippen LogP contribution in [-0.2, 0) is 4.84 Å². The minimum absolute atomic E-state index is 0.374. The van der Waals surface area contributed by atoms with Crippen molar-refractivity contribution in [1.29, 1.82) is 0 Å². The Hall–Kier alpha value is -0.700. The fraction of sp³-hybridized carbons (Fsp3) is 0.667. The smallest absolute Gasteiger partial charge is 0.141 e. The van der Waals surface area contributed by atoms with Crippen LogP contribution in [0.5, 0.6) is 0 Å². The SMILES string of the molecule is CC1=CNN(C(C)C)O1. The predicted octanol–water partition coefficient (Wildman–Crippen LogP) is 1.01. The van der Waals surface area contributed by atoms with Gasteiger partial charge >= 0.3 is 0 Å². The lowest BCUT2D eigenvalue weighted by Crippen LogP contribution is -2.34. The van der Waals surface area contributed by atoms with Crippen molar-refractivity contribution in [1.82, 2.24) is 10.6 Å². The zero-order valence-electron chi connectivity index (χ0n) is 6.01. The van der Waals surface area contributed by atoms with Crippen LogP contribution in [0.3, 0.4) is 0 Å². The second-order valence-corrected chi connectivity index (χ2v) is 2.39. The Bertz CT molecular complexity index is 131. The maximum absolute atomic E-state index is 5.21. The third-order valence-corrected chi connectivity index (χ3v) is 1.11. The summed E-state index contributed by atoms with van der Waals surface area (Å²) in [6, 6.07) is 0.374. The highest BCUT2D eigenvalue weighted by Crippen LogP contribution is 2.07. The van der Waals surface area contributed by atoms with Crippen LogP contribution in [-0.4, -0.2) is 11.2 Å². The number of nitrogens with zero attached hydrogens (tertiary/aromatic N) is 1. The van der Waals surface area contributed by atoms with Crippen molar-refractivity contribution < 1.29 is 4.84 Å². The Labute approximate surface area is 55.2 Å². The molecule has 0 aromatic rings. The first-order valence-corrected chi connectivity index (χ1v) is 3.10. The zero-order chi connectivity index (χ0) is 6.85. The third-order valence-electron chi connectivity index (χ3n) is 1.11. The van der Waals surface area contributed by atoms with Crippen molar-refractivity contribution in [3.63, 3.8) is 0 Å². The lowest BCUT2D eigenvalue weighted by Gasteiger charge is -2.18. The molecule has 0 atom stereocenters. The molecule has 0 amide bonds. The molecule has 0 saturated heterocycles. The van der Waals surface area contributed by atoms with E-state index < -0.39 is 0 Å². The molecule has 1 rings (SSSR count). The molecule has 1 aliphatic heterocycles. The van der Waals surface area contributed by atoms with E-state index in [0.717, 1.165) is 5.76 Å². The van der Waals surface area contributed by atoms with Gasteiger partial charge in [-0.3, -0.25) is 5.43 Å². The van der Waals surface area contributed by atoms with Crippen LogP contribution in [0.15, 0.2) is 12.0 Å². The van der Waals surface area contributed by atoms with Gasteiger partial charge in [0, 0.05) is 0 Å². The van der Waals surface area contributed by atoms with Crippen LogP contribution >= 0.6 is 0 Å². The molecule has 0 aromatic carbocycles. The topological polar surface area (TPSA) is 24.5 Å². The second kappa shape index (κ2) is 2.27. The maximum Gasteiger partial charge on any atom is 0.141 e. The highest BCUT2D eigenvalue weighted by molar-refractivity contribution is 4.88. The first kappa shape index (κ1) is 6.42. The predicted molar refractivity (Wildman–Crippen MR) is 35.0 cm³/mol. The number of hydrogen-bond acceptors (Lipinski definition) is 3. The third kappa shape index (κ3) is 1.36. The van der Waals surface area contributed by atoms with E-state index in [0.29, 0.717) is 6.04 Å². The molecule has 0 spiro atoms. The Morgan fingerprint density at radius 1 is 1.67 bits per heavy atom. The molecule has 0 radical (unpaired) electrons. The van der Waals surface area contributed by atoms with E-state index in [1.165, 1.54) is 0 Å². The van der Waals surface area contributed by atoms with Gasteiger partial charge < -0.3 is 4.84 Å². The molecular formula is C6H12N2O. The number of hydroxylamine groups is 1. The number of hydrogen-bond donors (Lipinski definition) is 1. The van der Waals surface area contributed by atoms with Crippen molar-refractivity contribution in [2.24, 2.45) is 0 Å². The summed E-state index contributed by atoms with van der Waals surface area (Å²) in [5.41, 5.74) is 2.95. The molecular weight excluding hydrogens is 116 g/mol. The molecule has 1 N–H and O–H groups in total. The fourth-order valence-corrected chi connectivity index (χ4v) is 0.617. The van der Waals surface area contributed by atoms with E-state index in [1.807, 2.05) is 13.1 Å². The summed E-state index contributed by atoms with van der Waals surface area (Å²) in [4.78, 5) is 5.21. The van der Waals surface area contributed by atoms with Crippen LogP contribution in [0.1, 0.15) is 20.8 Å². The van der Waals surface area contributed by atoms with E-state index in [1.54, 1.807) is 5.17 Å². The van der Waals surface area contributed by atoms with Crippen LogP contribution in [0, 0.1) is 0 Å². The highest BCUT2D eigenvalue weighted by Gasteiger charge is 2.13. The van der Waals surface area contributed by atoms with Crippen LogP contribution in [0.4, 0.5) is 0 Å². The average Bonchev–Trinajstić information content (AvgIpc) is 2.14. The van der Waals surface area contributed by atoms with Crippen molar-refractivity contribution in [2.75, 3.05) is 0 Å². The molecule has 0 fully saturated rings. The summed E-state index contributed by atoms with van der Waals surface area (Å²) in [7, 11) is 0. The Morgan fingerprint density at radius 2 is 2.33 bits per heavy atom. The minimum atomic E-state index is 0.374. The molecule has 0 saturated carbocycles. The van der Waals surface area contributed by atoms with Crippen molar-refractivity contribution in [3.05, 3.63) is 12.0 Å². The normalized spacial score (nSPS) is 19.3. The first-order chi connectivity index (χ1) is 4.20. The van der Waals surface area contributed by atoms with E-state index in [2.05, 4.69) is 19.3 Å². The van der Waals surface area contributed by atoms with Gasteiger partial charge in [0.15, 0.2) is 0 Å². The number of hydrazine groups is 1. The van der Waals surface area contributed by atoms with Crippen molar-refractivity contribution in [2.45, 2.75) is 26.8 Å². The van der Waals surface area contributed by atoms with Crippen LogP contribution in [0.2, 0.25) is 0 Å². The monoisotopic (exact) mass is 128 g/mol. The molecule has 1 heterocycles. The quantitative estimate of drug-likeness (QED) is 0.570. The summed E-state index contributed by atoms with van der Waals surface area (Å²) < 4.78 is 0. The Balaban J connectivity index is 2.37.